The molecule has 1 aliphatic carbocycles. The van der Waals surface area contributed by atoms with Crippen LogP contribution in [0.2, 0.25) is 0 Å². The van der Waals surface area contributed by atoms with E-state index >= 15 is 0 Å². The number of nitrogens with one attached hydrogen (secondary N) is 2. The van der Waals surface area contributed by atoms with E-state index in [1.807, 2.05) is 24.3 Å². The van der Waals surface area contributed by atoms with E-state index in [4.69, 9.17) is 0 Å². The van der Waals surface area contributed by atoms with Crippen molar-refractivity contribution in [1.82, 2.24) is 10.3 Å². The Kier molecular flexibility index (Phi) is 2.64. The average molecular weight is 242 g/mol. The smallest absolute Gasteiger partial charge is 0.253 e. The van der Waals surface area contributed by atoms with Crippen LogP contribution in [0.3, 0.4) is 0 Å². The molecule has 0 saturated heterocycles. The van der Waals surface area contributed by atoms with Crippen molar-refractivity contribution in [2.75, 3.05) is 0 Å². The van der Waals surface area contributed by atoms with Gasteiger partial charge in [-0.1, -0.05) is 24.3 Å². The molecule has 0 unspecified atom stereocenters. The zero-order valence-corrected chi connectivity index (χ0v) is 9.76. The first kappa shape index (κ1) is 11.0. The number of H-pyrrole nitrogens is 1. The molecule has 2 atom stereocenters. The number of rotatable bonds is 2. The monoisotopic (exact) mass is 242 g/mol. The summed E-state index contributed by atoms with van der Waals surface area (Å²) in [6, 6.07) is 9.20. The number of hydrogen-bond acceptors (Lipinski definition) is 2. The van der Waals surface area contributed by atoms with Crippen molar-refractivity contribution in [2.24, 2.45) is 0 Å². The van der Waals surface area contributed by atoms with Gasteiger partial charge in [-0.05, 0) is 17.2 Å². The van der Waals surface area contributed by atoms with E-state index in [-0.39, 0.29) is 11.9 Å². The summed E-state index contributed by atoms with van der Waals surface area (Å²) in [6.45, 7) is 0. The Bertz CT molecular complexity index is 563. The van der Waals surface area contributed by atoms with Gasteiger partial charge in [-0.2, -0.15) is 0 Å². The van der Waals surface area contributed by atoms with Crippen molar-refractivity contribution < 1.29 is 9.90 Å². The number of benzene rings is 1. The van der Waals surface area contributed by atoms with Gasteiger partial charge in [-0.3, -0.25) is 4.79 Å². The van der Waals surface area contributed by atoms with Crippen LogP contribution in [-0.2, 0) is 6.42 Å². The normalized spacial score (nSPS) is 21.6. The van der Waals surface area contributed by atoms with Crippen molar-refractivity contribution in [2.45, 2.75) is 18.6 Å². The van der Waals surface area contributed by atoms with Gasteiger partial charge in [0.15, 0.2) is 0 Å². The lowest BCUT2D eigenvalue weighted by atomic mass is 10.1. The Morgan fingerprint density at radius 2 is 2.17 bits per heavy atom. The Balaban J connectivity index is 1.83. The number of aromatic amines is 1. The Morgan fingerprint density at radius 3 is 2.94 bits per heavy atom. The molecule has 4 nitrogen and oxygen atoms in total. The first-order valence-corrected chi connectivity index (χ1v) is 5.95. The molecule has 1 aromatic heterocycles. The summed E-state index contributed by atoms with van der Waals surface area (Å²) in [5, 5.41) is 12.9. The van der Waals surface area contributed by atoms with Crippen LogP contribution in [0.5, 0.6) is 0 Å². The van der Waals surface area contributed by atoms with Gasteiger partial charge in [0.2, 0.25) is 0 Å². The molecule has 1 amide bonds. The Labute approximate surface area is 105 Å². The molecule has 0 spiro atoms. The van der Waals surface area contributed by atoms with Crippen LogP contribution >= 0.6 is 0 Å². The lowest BCUT2D eigenvalue weighted by molar-refractivity contribution is 0.0858. The highest BCUT2D eigenvalue weighted by Crippen LogP contribution is 2.31. The fraction of sp³-hybridized carbons (Fsp3) is 0.214. The number of fused-ring (bicyclic) bond motifs is 1. The second-order valence-corrected chi connectivity index (χ2v) is 4.52. The van der Waals surface area contributed by atoms with Crippen LogP contribution in [0.15, 0.2) is 42.7 Å². The topological polar surface area (TPSA) is 65.1 Å². The van der Waals surface area contributed by atoms with E-state index in [9.17, 15) is 9.90 Å². The van der Waals surface area contributed by atoms with E-state index in [2.05, 4.69) is 10.3 Å². The van der Waals surface area contributed by atoms with Crippen molar-refractivity contribution in [3.8, 4) is 0 Å². The van der Waals surface area contributed by atoms with Crippen LogP contribution in [0.1, 0.15) is 27.5 Å². The van der Waals surface area contributed by atoms with Crippen LogP contribution in [-0.4, -0.2) is 22.1 Å². The summed E-state index contributed by atoms with van der Waals surface area (Å²) in [4.78, 5) is 14.8. The van der Waals surface area contributed by atoms with Crippen LogP contribution in [0.4, 0.5) is 0 Å². The van der Waals surface area contributed by atoms with Crippen LogP contribution in [0, 0.1) is 0 Å². The quantitative estimate of drug-likeness (QED) is 0.745. The first-order valence-electron chi connectivity index (χ1n) is 5.95. The van der Waals surface area contributed by atoms with Crippen LogP contribution in [0.25, 0.3) is 0 Å². The molecule has 92 valence electrons. The number of carbonyl (C=O) groups excluding carboxylic acids is 1. The van der Waals surface area contributed by atoms with Crippen LogP contribution < -0.4 is 5.32 Å². The summed E-state index contributed by atoms with van der Waals surface area (Å²) in [7, 11) is 0. The largest absolute Gasteiger partial charge is 0.390 e. The molecule has 4 heteroatoms. The molecule has 3 N–H and O–H groups in total. The number of aromatic nitrogens is 1. The third-order valence-electron chi connectivity index (χ3n) is 3.35. The molecule has 1 aliphatic rings. The number of hydrogen-bond donors (Lipinski definition) is 3. The average Bonchev–Trinajstić information content (AvgIpc) is 2.98. The zero-order chi connectivity index (χ0) is 12.5. The maximum absolute atomic E-state index is 12.0. The van der Waals surface area contributed by atoms with Gasteiger partial charge in [-0.15, -0.1) is 0 Å². The molecule has 0 bridgehead atoms. The minimum atomic E-state index is -0.551. The molecule has 1 aromatic carbocycles. The minimum absolute atomic E-state index is 0.169. The summed E-state index contributed by atoms with van der Waals surface area (Å²) >= 11 is 0. The van der Waals surface area contributed by atoms with Gasteiger partial charge in [0.05, 0.1) is 17.7 Å². The molecule has 0 saturated carbocycles. The molecule has 0 aliphatic heterocycles. The summed E-state index contributed by atoms with van der Waals surface area (Å²) in [5.74, 6) is -0.169. The van der Waals surface area contributed by atoms with Gasteiger partial charge in [0.1, 0.15) is 0 Å². The summed E-state index contributed by atoms with van der Waals surface area (Å²) < 4.78 is 0. The first-order chi connectivity index (χ1) is 8.75. The van der Waals surface area contributed by atoms with Gasteiger partial charge >= 0.3 is 0 Å². The molecular formula is C14H14N2O2. The molecule has 3 rings (SSSR count). The number of carbonyl (C=O) groups is 1. The third kappa shape index (κ3) is 1.80. The van der Waals surface area contributed by atoms with Gasteiger partial charge in [0.25, 0.3) is 5.91 Å². The lowest BCUT2D eigenvalue weighted by Crippen LogP contribution is -2.33. The van der Waals surface area contributed by atoms with E-state index in [0.29, 0.717) is 12.0 Å². The molecular weight excluding hydrogens is 228 g/mol. The predicted octanol–water partition coefficient (Wildman–Crippen LogP) is 1.40. The van der Waals surface area contributed by atoms with E-state index in [1.165, 1.54) is 0 Å². The lowest BCUT2D eigenvalue weighted by Gasteiger charge is -2.17. The van der Waals surface area contributed by atoms with Gasteiger partial charge < -0.3 is 15.4 Å². The van der Waals surface area contributed by atoms with Crippen molar-refractivity contribution in [3.63, 3.8) is 0 Å². The second kappa shape index (κ2) is 4.31. The van der Waals surface area contributed by atoms with E-state index < -0.39 is 6.10 Å². The fourth-order valence-electron chi connectivity index (χ4n) is 2.44. The molecule has 0 radical (unpaired) electrons. The predicted molar refractivity (Wildman–Crippen MR) is 67.2 cm³/mol. The van der Waals surface area contributed by atoms with Gasteiger partial charge in [0, 0.05) is 18.8 Å². The number of aliphatic hydroxyl groups excluding tert-OH is 1. The van der Waals surface area contributed by atoms with Crippen molar-refractivity contribution in [1.29, 1.82) is 0 Å². The Hall–Kier alpha value is -2.07. The SMILES string of the molecule is O=C(N[C@@H]1c2ccccc2C[C@@H]1O)c1cc[nH]c1. The summed E-state index contributed by atoms with van der Waals surface area (Å²) in [5.41, 5.74) is 2.69. The molecule has 1 heterocycles. The molecule has 18 heavy (non-hydrogen) atoms. The third-order valence-corrected chi connectivity index (χ3v) is 3.35. The molecule has 2 aromatic rings. The van der Waals surface area contributed by atoms with Crippen molar-refractivity contribution >= 4 is 5.91 Å². The highest BCUT2D eigenvalue weighted by atomic mass is 16.3. The highest BCUT2D eigenvalue weighted by Gasteiger charge is 2.31. The minimum Gasteiger partial charge on any atom is -0.390 e. The fourth-order valence-corrected chi connectivity index (χ4v) is 2.44. The van der Waals surface area contributed by atoms with Gasteiger partial charge in [-0.25, -0.2) is 0 Å². The number of amides is 1. The number of aliphatic hydroxyl groups is 1. The summed E-state index contributed by atoms with van der Waals surface area (Å²) in [6.07, 6.45) is 3.38. The molecule has 0 fully saturated rings. The highest BCUT2D eigenvalue weighted by molar-refractivity contribution is 5.94. The van der Waals surface area contributed by atoms with Crippen molar-refractivity contribution in [3.05, 3.63) is 59.4 Å². The van der Waals surface area contributed by atoms with E-state index in [1.54, 1.807) is 18.5 Å². The second-order valence-electron chi connectivity index (χ2n) is 4.52. The zero-order valence-electron chi connectivity index (χ0n) is 9.76. The maximum Gasteiger partial charge on any atom is 0.253 e. The van der Waals surface area contributed by atoms with E-state index in [0.717, 1.165) is 11.1 Å². The maximum atomic E-state index is 12.0. The standard InChI is InChI=1S/C14H14N2O2/c17-12-7-9-3-1-2-4-11(9)13(12)16-14(18)10-5-6-15-8-10/h1-6,8,12-13,15,17H,7H2,(H,16,18)/t12-,13+/m0/s1. The Morgan fingerprint density at radius 1 is 1.33 bits per heavy atom.